The van der Waals surface area contributed by atoms with Gasteiger partial charge in [0.2, 0.25) is 0 Å². The Kier molecular flexibility index (Phi) is 2.80. The summed E-state index contributed by atoms with van der Waals surface area (Å²) in [6.45, 7) is 0. The van der Waals surface area contributed by atoms with Gasteiger partial charge in [-0.3, -0.25) is 4.79 Å². The van der Waals surface area contributed by atoms with Crippen LogP contribution in [0.5, 0.6) is 0 Å². The first-order valence-corrected chi connectivity index (χ1v) is 5.57. The number of halogens is 1. The van der Waals surface area contributed by atoms with Crippen LogP contribution in [-0.2, 0) is 7.05 Å². The zero-order valence-electron chi connectivity index (χ0n) is 8.70. The van der Waals surface area contributed by atoms with Gasteiger partial charge in [0.05, 0.1) is 12.5 Å². The number of carbonyl (C=O) groups excluding carboxylic acids is 1. The molecule has 0 atom stereocenters. The highest BCUT2D eigenvalue weighted by Crippen LogP contribution is 2.25. The number of aryl methyl sites for hydroxylation is 1. The second-order valence-corrected chi connectivity index (χ2v) is 4.49. The highest BCUT2D eigenvalue weighted by molar-refractivity contribution is 9.10. The van der Waals surface area contributed by atoms with Crippen LogP contribution in [0.1, 0.15) is 16.8 Å². The van der Waals surface area contributed by atoms with Crippen LogP contribution < -0.4 is 0 Å². The summed E-state index contributed by atoms with van der Waals surface area (Å²) in [4.78, 5) is 11.7. The molecule has 0 unspecified atom stereocenters. The molecule has 0 saturated carbocycles. The number of benzene rings is 1. The van der Waals surface area contributed by atoms with Crippen molar-refractivity contribution in [2.24, 2.45) is 7.05 Å². The number of ketones is 1. The Bertz CT molecular complexity index is 607. The summed E-state index contributed by atoms with van der Waals surface area (Å²) in [5.74, 6) is -0.133. The van der Waals surface area contributed by atoms with E-state index in [0.717, 1.165) is 15.4 Å². The Morgan fingerprint density at radius 3 is 3.00 bits per heavy atom. The summed E-state index contributed by atoms with van der Waals surface area (Å²) in [5.41, 5.74) is 1.60. The Labute approximate surface area is 101 Å². The molecule has 1 heterocycles. The Hall–Kier alpha value is -1.60. The number of fused-ring (bicyclic) bond motifs is 1. The third kappa shape index (κ3) is 1.74. The molecule has 1 aromatic heterocycles. The molecule has 0 amide bonds. The first-order valence-electron chi connectivity index (χ1n) is 4.78. The number of rotatable bonds is 2. The van der Waals surface area contributed by atoms with E-state index in [0.29, 0.717) is 5.56 Å². The number of aromatic nitrogens is 1. The number of carbonyl (C=O) groups is 1. The number of hydrogen-bond acceptors (Lipinski definition) is 2. The summed E-state index contributed by atoms with van der Waals surface area (Å²) >= 11 is 3.38. The van der Waals surface area contributed by atoms with E-state index in [9.17, 15) is 4.79 Å². The molecule has 0 aliphatic carbocycles. The van der Waals surface area contributed by atoms with Gasteiger partial charge in [0.1, 0.15) is 0 Å². The fourth-order valence-electron chi connectivity index (χ4n) is 1.75. The van der Waals surface area contributed by atoms with Gasteiger partial charge in [-0.25, -0.2) is 0 Å². The molecule has 3 nitrogen and oxygen atoms in total. The lowest BCUT2D eigenvalue weighted by molar-refractivity contribution is 0.0999. The van der Waals surface area contributed by atoms with E-state index in [1.807, 2.05) is 35.9 Å². The molecule has 0 bridgehead atoms. The molecular weight excluding hydrogens is 268 g/mol. The second-order valence-electron chi connectivity index (χ2n) is 3.57. The van der Waals surface area contributed by atoms with E-state index in [-0.39, 0.29) is 12.2 Å². The molecule has 0 radical (unpaired) electrons. The van der Waals surface area contributed by atoms with Gasteiger partial charge in [0.25, 0.3) is 0 Å². The molecule has 0 aliphatic heterocycles. The Morgan fingerprint density at radius 1 is 1.56 bits per heavy atom. The van der Waals surface area contributed by atoms with Crippen molar-refractivity contribution in [3.8, 4) is 6.07 Å². The van der Waals surface area contributed by atoms with Crippen LogP contribution in [0, 0.1) is 11.3 Å². The first kappa shape index (κ1) is 10.9. The van der Waals surface area contributed by atoms with E-state index in [1.54, 1.807) is 6.20 Å². The molecule has 1 aromatic carbocycles. The van der Waals surface area contributed by atoms with E-state index < -0.39 is 0 Å². The second kappa shape index (κ2) is 4.11. The maximum Gasteiger partial charge on any atom is 0.179 e. The van der Waals surface area contributed by atoms with Crippen molar-refractivity contribution in [1.82, 2.24) is 4.57 Å². The summed E-state index contributed by atoms with van der Waals surface area (Å²) in [5, 5.41) is 9.43. The zero-order valence-corrected chi connectivity index (χ0v) is 10.3. The predicted molar refractivity (Wildman–Crippen MR) is 65.2 cm³/mol. The standard InChI is InChI=1S/C12H9BrN2O/c1-15-7-10(12(16)4-5-14)9-6-8(13)2-3-11(9)15/h2-3,6-7H,4H2,1H3. The van der Waals surface area contributed by atoms with Crippen molar-refractivity contribution in [3.63, 3.8) is 0 Å². The average molecular weight is 277 g/mol. The van der Waals surface area contributed by atoms with Crippen LogP contribution >= 0.6 is 15.9 Å². The maximum atomic E-state index is 11.7. The lowest BCUT2D eigenvalue weighted by Crippen LogP contribution is -1.95. The molecule has 0 N–H and O–H groups in total. The van der Waals surface area contributed by atoms with Crippen LogP contribution in [0.3, 0.4) is 0 Å². The van der Waals surface area contributed by atoms with E-state index in [1.165, 1.54) is 0 Å². The summed E-state index contributed by atoms with van der Waals surface area (Å²) in [7, 11) is 1.89. The highest BCUT2D eigenvalue weighted by Gasteiger charge is 2.13. The van der Waals surface area contributed by atoms with Crippen molar-refractivity contribution in [2.45, 2.75) is 6.42 Å². The first-order chi connectivity index (χ1) is 7.63. The van der Waals surface area contributed by atoms with Gasteiger partial charge in [-0.15, -0.1) is 0 Å². The Morgan fingerprint density at radius 2 is 2.31 bits per heavy atom. The fourth-order valence-corrected chi connectivity index (χ4v) is 2.11. The van der Waals surface area contributed by atoms with Crippen LogP contribution in [0.15, 0.2) is 28.9 Å². The van der Waals surface area contributed by atoms with Gasteiger partial charge in [-0.05, 0) is 18.2 Å². The lowest BCUT2D eigenvalue weighted by Gasteiger charge is -1.96. The van der Waals surface area contributed by atoms with Crippen LogP contribution in [0.4, 0.5) is 0 Å². The molecule has 80 valence electrons. The van der Waals surface area contributed by atoms with Crippen molar-refractivity contribution >= 4 is 32.6 Å². The van der Waals surface area contributed by atoms with Crippen LogP contribution in [0.2, 0.25) is 0 Å². The number of Topliss-reactive ketones (excluding diaryl/α,β-unsaturated/α-hetero) is 1. The topological polar surface area (TPSA) is 45.8 Å². The van der Waals surface area contributed by atoms with Crippen molar-refractivity contribution in [3.05, 3.63) is 34.4 Å². The molecular formula is C12H9BrN2O. The summed E-state index contributed by atoms with van der Waals surface area (Å²) in [6.07, 6.45) is 1.70. The third-order valence-corrected chi connectivity index (χ3v) is 2.98. The van der Waals surface area contributed by atoms with Gasteiger partial charge in [-0.1, -0.05) is 15.9 Å². The molecule has 2 rings (SSSR count). The van der Waals surface area contributed by atoms with Gasteiger partial charge in [-0.2, -0.15) is 5.26 Å². The number of hydrogen-bond donors (Lipinski definition) is 0. The maximum absolute atomic E-state index is 11.7. The smallest absolute Gasteiger partial charge is 0.179 e. The van der Waals surface area contributed by atoms with Gasteiger partial charge in [0, 0.05) is 34.2 Å². The monoisotopic (exact) mass is 276 g/mol. The van der Waals surface area contributed by atoms with Gasteiger partial charge >= 0.3 is 0 Å². The molecule has 2 aromatic rings. The molecule has 0 fully saturated rings. The van der Waals surface area contributed by atoms with Gasteiger partial charge < -0.3 is 4.57 Å². The minimum Gasteiger partial charge on any atom is -0.350 e. The van der Waals surface area contributed by atoms with Crippen molar-refractivity contribution in [2.75, 3.05) is 0 Å². The number of nitriles is 1. The van der Waals surface area contributed by atoms with E-state index in [4.69, 9.17) is 5.26 Å². The minimum atomic E-state index is -0.133. The van der Waals surface area contributed by atoms with Crippen molar-refractivity contribution < 1.29 is 4.79 Å². The normalized spacial score (nSPS) is 10.3. The molecule has 0 aliphatic rings. The lowest BCUT2D eigenvalue weighted by atomic mass is 10.1. The molecule has 4 heteroatoms. The largest absolute Gasteiger partial charge is 0.350 e. The van der Waals surface area contributed by atoms with E-state index >= 15 is 0 Å². The predicted octanol–water partition coefficient (Wildman–Crippen LogP) is 3.04. The zero-order chi connectivity index (χ0) is 11.7. The highest BCUT2D eigenvalue weighted by atomic mass is 79.9. The fraction of sp³-hybridized carbons (Fsp3) is 0.167. The van der Waals surface area contributed by atoms with Crippen LogP contribution in [-0.4, -0.2) is 10.4 Å². The molecule has 0 spiro atoms. The van der Waals surface area contributed by atoms with Gasteiger partial charge in [0.15, 0.2) is 5.78 Å². The van der Waals surface area contributed by atoms with E-state index in [2.05, 4.69) is 15.9 Å². The third-order valence-electron chi connectivity index (χ3n) is 2.49. The summed E-state index contributed by atoms with van der Waals surface area (Å²) in [6, 6.07) is 7.67. The number of nitrogens with zero attached hydrogens (tertiary/aromatic N) is 2. The molecule has 0 saturated heterocycles. The quantitative estimate of drug-likeness (QED) is 0.792. The molecule has 16 heavy (non-hydrogen) atoms. The van der Waals surface area contributed by atoms with Crippen LogP contribution in [0.25, 0.3) is 10.9 Å². The SMILES string of the molecule is Cn1cc(C(=O)CC#N)c2cc(Br)ccc21. The minimum absolute atomic E-state index is 0.0778. The Balaban J connectivity index is 2.67. The van der Waals surface area contributed by atoms with Crippen molar-refractivity contribution in [1.29, 1.82) is 5.26 Å². The average Bonchev–Trinajstić information content (AvgIpc) is 2.56. The summed E-state index contributed by atoms with van der Waals surface area (Å²) < 4.78 is 2.82.